The molecule has 2 N–H and O–H groups in total. The van der Waals surface area contributed by atoms with Crippen LogP contribution in [0.15, 0.2) is 39.7 Å². The topological polar surface area (TPSA) is 71.3 Å². The Hall–Kier alpha value is -1.94. The Balaban J connectivity index is 0.00000341. The Morgan fingerprint density at radius 2 is 1.84 bits per heavy atom. The summed E-state index contributed by atoms with van der Waals surface area (Å²) in [5.41, 5.74) is 1.18. The van der Waals surface area contributed by atoms with Crippen molar-refractivity contribution in [2.24, 2.45) is 4.99 Å². The zero-order valence-corrected chi connectivity index (χ0v) is 21.3. The van der Waals surface area contributed by atoms with E-state index in [0.29, 0.717) is 0 Å². The van der Waals surface area contributed by atoms with Gasteiger partial charge in [0.1, 0.15) is 11.5 Å². The molecule has 0 aliphatic carbocycles. The van der Waals surface area contributed by atoms with Crippen molar-refractivity contribution in [1.29, 1.82) is 0 Å². The molecule has 1 fully saturated rings. The van der Waals surface area contributed by atoms with Crippen molar-refractivity contribution in [3.05, 3.63) is 47.4 Å². The minimum absolute atomic E-state index is 0. The number of guanidine groups is 1. The second kappa shape index (κ2) is 12.8. The molecule has 2 aromatic rings. The van der Waals surface area contributed by atoms with E-state index >= 15 is 0 Å². The van der Waals surface area contributed by atoms with Gasteiger partial charge in [0.05, 0.1) is 20.3 Å². The second-order valence-corrected chi connectivity index (χ2v) is 7.53. The molecule has 3 rings (SSSR count). The van der Waals surface area contributed by atoms with E-state index in [1.165, 1.54) is 18.4 Å². The van der Waals surface area contributed by atoms with Crippen LogP contribution in [0.5, 0.6) is 11.5 Å². The number of likely N-dealkylation sites (tertiary alicyclic amines) is 1. The number of rotatable bonds is 9. The SMILES string of the molecule is CN=C(NCCc1ccc(OC)c(OC)c1)NCC(c1ccc(C)o1)N1CCCC1.I. The highest BCUT2D eigenvalue weighted by Crippen LogP contribution is 2.28. The summed E-state index contributed by atoms with van der Waals surface area (Å²) in [4.78, 5) is 6.87. The van der Waals surface area contributed by atoms with Crippen LogP contribution in [0.2, 0.25) is 0 Å². The normalized spacial score (nSPS) is 15.3. The van der Waals surface area contributed by atoms with Crippen molar-refractivity contribution < 1.29 is 13.9 Å². The number of hydrogen-bond acceptors (Lipinski definition) is 5. The van der Waals surface area contributed by atoms with Crippen LogP contribution in [0, 0.1) is 6.92 Å². The standard InChI is InChI=1S/C23H34N4O3.HI/c1-17-7-9-20(30-17)19(27-13-5-6-14-27)16-26-23(24-2)25-12-11-18-8-10-21(28-3)22(15-18)29-4;/h7-10,15,19H,5-6,11-14,16H2,1-4H3,(H2,24,25,26);1H. The molecular formula is C23H35IN4O3. The van der Waals surface area contributed by atoms with E-state index < -0.39 is 0 Å². The van der Waals surface area contributed by atoms with Gasteiger partial charge in [-0.1, -0.05) is 6.07 Å². The highest BCUT2D eigenvalue weighted by Gasteiger charge is 2.26. The third kappa shape index (κ3) is 7.03. The molecule has 0 radical (unpaired) electrons. The van der Waals surface area contributed by atoms with Crippen molar-refractivity contribution in [2.75, 3.05) is 47.4 Å². The number of nitrogens with zero attached hydrogens (tertiary/aromatic N) is 2. The smallest absolute Gasteiger partial charge is 0.191 e. The van der Waals surface area contributed by atoms with Crippen LogP contribution in [0.25, 0.3) is 0 Å². The average Bonchev–Trinajstić information content (AvgIpc) is 3.45. The van der Waals surface area contributed by atoms with E-state index in [2.05, 4.69) is 32.7 Å². The fourth-order valence-corrected chi connectivity index (χ4v) is 3.87. The maximum atomic E-state index is 5.94. The lowest BCUT2D eigenvalue weighted by Gasteiger charge is -2.26. The molecule has 1 unspecified atom stereocenters. The zero-order chi connectivity index (χ0) is 21.3. The number of halogens is 1. The Bertz CT molecular complexity index is 834. The monoisotopic (exact) mass is 542 g/mol. The van der Waals surface area contributed by atoms with Crippen LogP contribution in [-0.2, 0) is 6.42 Å². The van der Waals surface area contributed by atoms with E-state index in [9.17, 15) is 0 Å². The second-order valence-electron chi connectivity index (χ2n) is 7.53. The molecule has 172 valence electrons. The van der Waals surface area contributed by atoms with Gasteiger partial charge in [-0.3, -0.25) is 9.89 Å². The zero-order valence-electron chi connectivity index (χ0n) is 18.9. The third-order valence-corrected chi connectivity index (χ3v) is 5.51. The van der Waals surface area contributed by atoms with Gasteiger partial charge < -0.3 is 24.5 Å². The van der Waals surface area contributed by atoms with Crippen LogP contribution in [0.1, 0.15) is 36.0 Å². The molecule has 1 aliphatic heterocycles. The quantitative estimate of drug-likeness (QED) is 0.286. The maximum Gasteiger partial charge on any atom is 0.191 e. The Morgan fingerprint density at radius 3 is 2.45 bits per heavy atom. The summed E-state index contributed by atoms with van der Waals surface area (Å²) in [6, 6.07) is 10.3. The first kappa shape index (κ1) is 25.3. The molecule has 1 atom stereocenters. The van der Waals surface area contributed by atoms with E-state index in [-0.39, 0.29) is 30.0 Å². The number of aliphatic imine (C=N–C) groups is 1. The van der Waals surface area contributed by atoms with Gasteiger partial charge in [0, 0.05) is 20.1 Å². The van der Waals surface area contributed by atoms with E-state index in [1.807, 2.05) is 25.1 Å². The first-order chi connectivity index (χ1) is 14.6. The Labute approximate surface area is 202 Å². The number of ether oxygens (including phenoxy) is 2. The van der Waals surface area contributed by atoms with Crippen molar-refractivity contribution in [3.8, 4) is 11.5 Å². The van der Waals surface area contributed by atoms with Gasteiger partial charge in [-0.25, -0.2) is 0 Å². The number of methoxy groups -OCH3 is 2. The van der Waals surface area contributed by atoms with Gasteiger partial charge in [0.2, 0.25) is 0 Å². The predicted octanol–water partition coefficient (Wildman–Crippen LogP) is 3.77. The largest absolute Gasteiger partial charge is 0.493 e. The van der Waals surface area contributed by atoms with Crippen LogP contribution >= 0.6 is 24.0 Å². The van der Waals surface area contributed by atoms with Gasteiger partial charge >= 0.3 is 0 Å². The first-order valence-corrected chi connectivity index (χ1v) is 10.6. The van der Waals surface area contributed by atoms with Crippen LogP contribution in [-0.4, -0.2) is 58.3 Å². The van der Waals surface area contributed by atoms with E-state index in [1.54, 1.807) is 21.3 Å². The van der Waals surface area contributed by atoms with Gasteiger partial charge in [0.25, 0.3) is 0 Å². The van der Waals surface area contributed by atoms with Crippen LogP contribution in [0.4, 0.5) is 0 Å². The van der Waals surface area contributed by atoms with Gasteiger partial charge in [0.15, 0.2) is 17.5 Å². The number of hydrogen-bond donors (Lipinski definition) is 2. The molecule has 0 spiro atoms. The van der Waals surface area contributed by atoms with Crippen molar-refractivity contribution in [1.82, 2.24) is 15.5 Å². The number of furan rings is 1. The van der Waals surface area contributed by atoms with Crippen LogP contribution < -0.4 is 20.1 Å². The highest BCUT2D eigenvalue weighted by molar-refractivity contribution is 14.0. The Morgan fingerprint density at radius 1 is 1.10 bits per heavy atom. The first-order valence-electron chi connectivity index (χ1n) is 10.6. The molecule has 1 saturated heterocycles. The molecule has 1 aromatic heterocycles. The minimum atomic E-state index is 0. The lowest BCUT2D eigenvalue weighted by Crippen LogP contribution is -2.43. The molecule has 0 bridgehead atoms. The molecule has 0 amide bonds. The maximum absolute atomic E-state index is 5.94. The van der Waals surface area contributed by atoms with Crippen LogP contribution in [0.3, 0.4) is 0 Å². The Kier molecular flexibility index (Phi) is 10.5. The molecule has 31 heavy (non-hydrogen) atoms. The van der Waals surface area contributed by atoms with Gasteiger partial charge in [-0.2, -0.15) is 0 Å². The summed E-state index contributed by atoms with van der Waals surface area (Å²) < 4.78 is 16.6. The molecule has 1 aliphatic rings. The van der Waals surface area contributed by atoms with Crippen molar-refractivity contribution >= 4 is 29.9 Å². The molecule has 0 saturated carbocycles. The van der Waals surface area contributed by atoms with Crippen molar-refractivity contribution in [3.63, 3.8) is 0 Å². The average molecular weight is 542 g/mol. The van der Waals surface area contributed by atoms with Gasteiger partial charge in [-0.15, -0.1) is 24.0 Å². The number of aryl methyl sites for hydroxylation is 1. The molecule has 2 heterocycles. The fourth-order valence-electron chi connectivity index (χ4n) is 3.87. The molecule has 1 aromatic carbocycles. The van der Waals surface area contributed by atoms with Gasteiger partial charge in [-0.05, 0) is 69.1 Å². The van der Waals surface area contributed by atoms with Crippen molar-refractivity contribution in [2.45, 2.75) is 32.2 Å². The lowest BCUT2D eigenvalue weighted by molar-refractivity contribution is 0.213. The summed E-state index contributed by atoms with van der Waals surface area (Å²) in [6.07, 6.45) is 3.34. The highest BCUT2D eigenvalue weighted by atomic mass is 127. The summed E-state index contributed by atoms with van der Waals surface area (Å²) in [7, 11) is 5.10. The minimum Gasteiger partial charge on any atom is -0.493 e. The summed E-state index contributed by atoms with van der Waals surface area (Å²) in [6.45, 7) is 5.73. The number of benzene rings is 1. The lowest BCUT2D eigenvalue weighted by atomic mass is 10.1. The van der Waals surface area contributed by atoms with E-state index in [4.69, 9.17) is 13.9 Å². The summed E-state index contributed by atoms with van der Waals surface area (Å²) >= 11 is 0. The third-order valence-electron chi connectivity index (χ3n) is 5.51. The summed E-state index contributed by atoms with van der Waals surface area (Å²) in [5, 5.41) is 6.88. The molecular weight excluding hydrogens is 507 g/mol. The number of nitrogens with one attached hydrogen (secondary N) is 2. The molecule has 7 nitrogen and oxygen atoms in total. The van der Waals surface area contributed by atoms with E-state index in [0.717, 1.165) is 61.6 Å². The molecule has 8 heteroatoms. The fraction of sp³-hybridized carbons (Fsp3) is 0.522. The summed E-state index contributed by atoms with van der Waals surface area (Å²) in [5.74, 6) is 4.25. The predicted molar refractivity (Wildman–Crippen MR) is 135 cm³/mol.